The maximum atomic E-state index is 12.7. The molecule has 20 heavy (non-hydrogen) atoms. The summed E-state index contributed by atoms with van der Waals surface area (Å²) in [5, 5.41) is 0. The summed E-state index contributed by atoms with van der Waals surface area (Å²) >= 11 is 0. The van der Waals surface area contributed by atoms with Gasteiger partial charge in [0.05, 0.1) is 12.7 Å². The zero-order valence-electron chi connectivity index (χ0n) is 11.6. The number of hydrogen-bond donors (Lipinski definition) is 1. The van der Waals surface area contributed by atoms with Gasteiger partial charge < -0.3 is 10.5 Å². The molecule has 1 aromatic carbocycles. The highest BCUT2D eigenvalue weighted by molar-refractivity contribution is 6.27. The molecule has 0 radical (unpaired) electrons. The normalized spacial score (nSPS) is 24.4. The highest BCUT2D eigenvalue weighted by Gasteiger charge is 2.41. The summed E-state index contributed by atoms with van der Waals surface area (Å²) in [6, 6.07) is 6.90. The van der Waals surface area contributed by atoms with Gasteiger partial charge in [0.25, 0.3) is 0 Å². The molecular weight excluding hydrogens is 254 g/mol. The van der Waals surface area contributed by atoms with E-state index in [2.05, 4.69) is 0 Å². The first kappa shape index (κ1) is 13.2. The van der Waals surface area contributed by atoms with Gasteiger partial charge >= 0.3 is 0 Å². The summed E-state index contributed by atoms with van der Waals surface area (Å²) in [6.07, 6.45) is 0.659. The zero-order valence-corrected chi connectivity index (χ0v) is 11.6. The van der Waals surface area contributed by atoms with Crippen LogP contribution in [0.2, 0.25) is 0 Å². The Morgan fingerprint density at radius 2 is 1.80 bits per heavy atom. The van der Waals surface area contributed by atoms with Gasteiger partial charge in [0, 0.05) is 27.8 Å². The summed E-state index contributed by atoms with van der Waals surface area (Å²) in [5.74, 6) is -0.244. The van der Waals surface area contributed by atoms with E-state index in [1.807, 2.05) is 0 Å². The lowest BCUT2D eigenvalue weighted by Crippen LogP contribution is -2.45. The van der Waals surface area contributed by atoms with Crippen LogP contribution in [0.4, 0.5) is 0 Å². The van der Waals surface area contributed by atoms with Crippen LogP contribution in [0.15, 0.2) is 35.4 Å². The molecule has 3 rings (SSSR count). The van der Waals surface area contributed by atoms with E-state index in [0.29, 0.717) is 35.3 Å². The van der Waals surface area contributed by atoms with E-state index >= 15 is 0 Å². The smallest absolute Gasteiger partial charge is 0.192 e. The fraction of sp³-hybridized carbons (Fsp3) is 0.375. The number of Topliss-reactive ketones (excluding diaryl/α,β-unsaturated/α-hetero) is 2. The van der Waals surface area contributed by atoms with Gasteiger partial charge in [0.1, 0.15) is 0 Å². The van der Waals surface area contributed by atoms with Crippen LogP contribution in [0.1, 0.15) is 41.0 Å². The minimum Gasteiger partial charge on any atom is -0.373 e. The third-order valence-corrected chi connectivity index (χ3v) is 3.98. The number of benzene rings is 1. The molecule has 1 aliphatic heterocycles. The molecule has 2 aliphatic rings. The van der Waals surface area contributed by atoms with E-state index < -0.39 is 5.54 Å². The summed E-state index contributed by atoms with van der Waals surface area (Å²) in [6.45, 7) is 4.16. The van der Waals surface area contributed by atoms with Gasteiger partial charge in [0.15, 0.2) is 11.6 Å². The quantitative estimate of drug-likeness (QED) is 0.852. The number of carbonyl (C=O) groups is 2. The molecule has 2 unspecified atom stereocenters. The molecular formula is C16H17NO3. The van der Waals surface area contributed by atoms with Crippen LogP contribution in [0.25, 0.3) is 0 Å². The van der Waals surface area contributed by atoms with Crippen molar-refractivity contribution in [2.24, 2.45) is 5.73 Å². The average Bonchev–Trinajstić information content (AvgIpc) is 3.19. The van der Waals surface area contributed by atoms with Crippen molar-refractivity contribution in [3.05, 3.63) is 46.5 Å². The van der Waals surface area contributed by atoms with E-state index in [-0.39, 0.29) is 17.7 Å². The third-order valence-electron chi connectivity index (χ3n) is 3.98. The topological polar surface area (TPSA) is 72.7 Å². The number of ketones is 2. The van der Waals surface area contributed by atoms with E-state index in [9.17, 15) is 9.59 Å². The second-order valence-corrected chi connectivity index (χ2v) is 5.78. The molecule has 0 spiro atoms. The molecule has 2 atom stereocenters. The maximum Gasteiger partial charge on any atom is 0.192 e. The molecule has 2 N–H and O–H groups in total. The molecule has 1 saturated heterocycles. The SMILES string of the molecule is CC1=C(C(C)(N)CC2CO2)C(=O)c2ccccc2C1=O. The van der Waals surface area contributed by atoms with E-state index in [4.69, 9.17) is 10.5 Å². The number of epoxide rings is 1. The molecule has 1 aromatic rings. The number of carbonyl (C=O) groups excluding carboxylic acids is 2. The van der Waals surface area contributed by atoms with Crippen LogP contribution in [0.3, 0.4) is 0 Å². The van der Waals surface area contributed by atoms with Gasteiger partial charge in [-0.3, -0.25) is 9.59 Å². The fourth-order valence-corrected chi connectivity index (χ4v) is 2.95. The number of allylic oxidation sites excluding steroid dienone is 1. The van der Waals surface area contributed by atoms with E-state index in [1.54, 1.807) is 38.1 Å². The van der Waals surface area contributed by atoms with Gasteiger partial charge in [-0.05, 0) is 20.3 Å². The Hall–Kier alpha value is -1.78. The minimum absolute atomic E-state index is 0.102. The van der Waals surface area contributed by atoms with Crippen molar-refractivity contribution in [1.29, 1.82) is 0 Å². The molecule has 1 aliphatic carbocycles. The van der Waals surface area contributed by atoms with Crippen LogP contribution in [-0.2, 0) is 4.74 Å². The van der Waals surface area contributed by atoms with Crippen LogP contribution >= 0.6 is 0 Å². The summed E-state index contributed by atoms with van der Waals surface area (Å²) in [5.41, 5.74) is 7.29. The number of fused-ring (bicyclic) bond motifs is 1. The van der Waals surface area contributed by atoms with Gasteiger partial charge in [-0.1, -0.05) is 24.3 Å². The van der Waals surface area contributed by atoms with Crippen molar-refractivity contribution >= 4 is 11.6 Å². The molecule has 1 fully saturated rings. The van der Waals surface area contributed by atoms with Gasteiger partial charge in [0.2, 0.25) is 0 Å². The maximum absolute atomic E-state index is 12.7. The standard InChI is InChI=1S/C16H17NO3/c1-9-13(16(2,17)7-10-8-20-10)15(19)12-6-4-3-5-11(12)14(9)18/h3-6,10H,7-8,17H2,1-2H3. The van der Waals surface area contributed by atoms with Crippen LogP contribution in [0.5, 0.6) is 0 Å². The van der Waals surface area contributed by atoms with Crippen LogP contribution in [-0.4, -0.2) is 29.8 Å². The first-order chi connectivity index (χ1) is 9.42. The Labute approximate surface area is 117 Å². The highest BCUT2D eigenvalue weighted by atomic mass is 16.6. The second-order valence-electron chi connectivity index (χ2n) is 5.78. The molecule has 0 aromatic heterocycles. The monoisotopic (exact) mass is 271 g/mol. The fourth-order valence-electron chi connectivity index (χ4n) is 2.95. The first-order valence-electron chi connectivity index (χ1n) is 6.72. The van der Waals surface area contributed by atoms with Crippen LogP contribution < -0.4 is 5.73 Å². The summed E-state index contributed by atoms with van der Waals surface area (Å²) in [4.78, 5) is 25.1. The van der Waals surface area contributed by atoms with Crippen molar-refractivity contribution in [1.82, 2.24) is 0 Å². The lowest BCUT2D eigenvalue weighted by Gasteiger charge is -2.31. The van der Waals surface area contributed by atoms with Gasteiger partial charge in [-0.15, -0.1) is 0 Å². The van der Waals surface area contributed by atoms with Crippen LogP contribution in [0, 0.1) is 0 Å². The Morgan fingerprint density at radius 1 is 1.25 bits per heavy atom. The highest BCUT2D eigenvalue weighted by Crippen LogP contribution is 2.35. The lowest BCUT2D eigenvalue weighted by molar-refractivity contribution is 0.0961. The lowest BCUT2D eigenvalue weighted by atomic mass is 9.75. The third kappa shape index (κ3) is 2.01. The molecule has 104 valence electrons. The van der Waals surface area contributed by atoms with Crippen molar-refractivity contribution in [2.45, 2.75) is 31.9 Å². The minimum atomic E-state index is -0.842. The Bertz CT molecular complexity index is 639. The summed E-state index contributed by atoms with van der Waals surface area (Å²) < 4.78 is 5.20. The average molecular weight is 271 g/mol. The number of rotatable bonds is 3. The van der Waals surface area contributed by atoms with Crippen molar-refractivity contribution in [3.63, 3.8) is 0 Å². The van der Waals surface area contributed by atoms with E-state index in [1.165, 1.54) is 0 Å². The Morgan fingerprint density at radius 3 is 2.35 bits per heavy atom. The molecule has 0 saturated carbocycles. The predicted molar refractivity (Wildman–Crippen MR) is 74.8 cm³/mol. The summed E-state index contributed by atoms with van der Waals surface area (Å²) in [7, 11) is 0. The van der Waals surface area contributed by atoms with Gasteiger partial charge in [-0.2, -0.15) is 0 Å². The van der Waals surface area contributed by atoms with Crippen molar-refractivity contribution in [3.8, 4) is 0 Å². The molecule has 1 heterocycles. The Balaban J connectivity index is 2.08. The molecule has 0 amide bonds. The molecule has 0 bridgehead atoms. The number of nitrogens with two attached hydrogens (primary N) is 1. The predicted octanol–water partition coefficient (Wildman–Crippen LogP) is 1.89. The van der Waals surface area contributed by atoms with Crippen molar-refractivity contribution < 1.29 is 14.3 Å². The number of hydrogen-bond acceptors (Lipinski definition) is 4. The molecule has 4 nitrogen and oxygen atoms in total. The second kappa shape index (κ2) is 4.36. The first-order valence-corrected chi connectivity index (χ1v) is 6.72. The number of ether oxygens (including phenoxy) is 1. The zero-order chi connectivity index (χ0) is 14.5. The molecule has 4 heteroatoms. The van der Waals surface area contributed by atoms with E-state index in [0.717, 1.165) is 0 Å². The van der Waals surface area contributed by atoms with Crippen molar-refractivity contribution in [2.75, 3.05) is 6.61 Å². The Kier molecular flexibility index (Phi) is 2.88. The largest absolute Gasteiger partial charge is 0.373 e. The van der Waals surface area contributed by atoms with Gasteiger partial charge in [-0.25, -0.2) is 0 Å².